The van der Waals surface area contributed by atoms with Crippen molar-refractivity contribution in [3.63, 3.8) is 0 Å². The quantitative estimate of drug-likeness (QED) is 0.899. The summed E-state index contributed by atoms with van der Waals surface area (Å²) in [7, 11) is 1.44. The summed E-state index contributed by atoms with van der Waals surface area (Å²) in [4.78, 5) is 3.67. The highest BCUT2D eigenvalue weighted by atomic mass is 79.9. The van der Waals surface area contributed by atoms with Crippen molar-refractivity contribution in [2.24, 2.45) is 0 Å². The number of pyridine rings is 1. The van der Waals surface area contributed by atoms with Gasteiger partial charge in [-0.2, -0.15) is 13.2 Å². The van der Waals surface area contributed by atoms with Crippen molar-refractivity contribution in [2.75, 3.05) is 7.11 Å². The van der Waals surface area contributed by atoms with Crippen LogP contribution < -0.4 is 4.74 Å². The Balaban J connectivity index is 2.53. The molecule has 7 heteroatoms. The number of halogens is 4. The number of benzene rings is 1. The maximum atomic E-state index is 13.0. The fourth-order valence-corrected chi connectivity index (χ4v) is 2.37. The van der Waals surface area contributed by atoms with Crippen molar-refractivity contribution in [3.05, 3.63) is 57.8 Å². The average molecular weight is 362 g/mol. The van der Waals surface area contributed by atoms with Crippen LogP contribution in [0.5, 0.6) is 5.75 Å². The van der Waals surface area contributed by atoms with Crippen LogP contribution in [0, 0.1) is 0 Å². The molecule has 0 aliphatic carbocycles. The molecule has 3 nitrogen and oxygen atoms in total. The van der Waals surface area contributed by atoms with Crippen molar-refractivity contribution in [2.45, 2.75) is 12.3 Å². The topological polar surface area (TPSA) is 42.4 Å². The van der Waals surface area contributed by atoms with Crippen LogP contribution in [0.3, 0.4) is 0 Å². The van der Waals surface area contributed by atoms with E-state index in [9.17, 15) is 18.3 Å². The summed E-state index contributed by atoms with van der Waals surface area (Å²) in [6.45, 7) is 0. The number of rotatable bonds is 3. The number of ether oxygens (including phenoxy) is 1. The number of aliphatic hydroxyl groups is 1. The van der Waals surface area contributed by atoms with Crippen LogP contribution in [0.15, 0.2) is 41.1 Å². The molecule has 1 unspecified atom stereocenters. The summed E-state index contributed by atoms with van der Waals surface area (Å²) in [5.74, 6) is 0.435. The van der Waals surface area contributed by atoms with E-state index in [1.165, 1.54) is 13.2 Å². The lowest BCUT2D eigenvalue weighted by molar-refractivity contribution is -0.139. The van der Waals surface area contributed by atoms with Crippen molar-refractivity contribution in [1.29, 1.82) is 0 Å². The molecule has 0 aliphatic rings. The van der Waals surface area contributed by atoms with Gasteiger partial charge in [0.1, 0.15) is 11.9 Å². The predicted molar refractivity (Wildman–Crippen MR) is 74.0 cm³/mol. The zero-order chi connectivity index (χ0) is 15.6. The van der Waals surface area contributed by atoms with Crippen molar-refractivity contribution in [3.8, 4) is 5.75 Å². The second kappa shape index (κ2) is 6.03. The Labute approximate surface area is 127 Å². The number of alkyl halides is 3. The normalized spacial score (nSPS) is 13.0. The molecular formula is C14H11BrF3NO2. The fourth-order valence-electron chi connectivity index (χ4n) is 1.91. The number of nitrogens with zero attached hydrogens (tertiary/aromatic N) is 1. The van der Waals surface area contributed by atoms with Gasteiger partial charge in [-0.25, -0.2) is 0 Å². The Hall–Kier alpha value is -1.60. The van der Waals surface area contributed by atoms with E-state index in [0.717, 1.165) is 18.5 Å². The molecule has 1 aromatic heterocycles. The highest BCUT2D eigenvalue weighted by molar-refractivity contribution is 9.10. The van der Waals surface area contributed by atoms with Gasteiger partial charge in [0.25, 0.3) is 0 Å². The van der Waals surface area contributed by atoms with E-state index in [1.807, 2.05) is 0 Å². The van der Waals surface area contributed by atoms with Crippen LogP contribution in [0.1, 0.15) is 22.8 Å². The molecule has 0 fully saturated rings. The Morgan fingerprint density at radius 3 is 2.57 bits per heavy atom. The first-order valence-corrected chi connectivity index (χ1v) is 6.66. The third-order valence-electron chi connectivity index (χ3n) is 2.95. The summed E-state index contributed by atoms with van der Waals surface area (Å²) < 4.78 is 44.5. The number of aromatic nitrogens is 1. The lowest BCUT2D eigenvalue weighted by Gasteiger charge is -2.18. The third kappa shape index (κ3) is 3.36. The predicted octanol–water partition coefficient (Wildman–Crippen LogP) is 3.95. The zero-order valence-corrected chi connectivity index (χ0v) is 12.4. The minimum absolute atomic E-state index is 0.271. The smallest absolute Gasteiger partial charge is 0.416 e. The molecule has 112 valence electrons. The van der Waals surface area contributed by atoms with Gasteiger partial charge in [-0.1, -0.05) is 15.9 Å². The summed E-state index contributed by atoms with van der Waals surface area (Å²) >= 11 is 3.22. The van der Waals surface area contributed by atoms with Crippen LogP contribution in [-0.4, -0.2) is 17.2 Å². The second-order valence-corrected chi connectivity index (χ2v) is 5.11. The Morgan fingerprint density at radius 1 is 1.24 bits per heavy atom. The number of aliphatic hydroxyl groups excluding tert-OH is 1. The standard InChI is InChI=1S/C14H11BrF3NO2/c1-21-8-2-3-12(15)9(6-8)13(20)10-7-19-5-4-11(10)14(16,17)18/h2-7,13,20H,1H3. The van der Waals surface area contributed by atoms with Crippen molar-refractivity contribution >= 4 is 15.9 Å². The summed E-state index contributed by atoms with van der Waals surface area (Å²) in [6, 6.07) is 5.55. The lowest BCUT2D eigenvalue weighted by Crippen LogP contribution is -2.13. The Kier molecular flexibility index (Phi) is 4.53. The first-order chi connectivity index (χ1) is 9.84. The summed E-state index contributed by atoms with van der Waals surface area (Å²) in [5.41, 5.74) is -0.952. The van der Waals surface area contributed by atoms with E-state index < -0.39 is 17.8 Å². The number of hydrogen-bond acceptors (Lipinski definition) is 3. The molecular weight excluding hydrogens is 351 g/mol. The fraction of sp³-hybridized carbons (Fsp3) is 0.214. The Bertz CT molecular complexity index is 646. The highest BCUT2D eigenvalue weighted by Gasteiger charge is 2.35. The number of methoxy groups -OCH3 is 1. The molecule has 0 aliphatic heterocycles. The molecule has 2 aromatic rings. The van der Waals surface area contributed by atoms with Gasteiger partial charge in [0.05, 0.1) is 12.7 Å². The molecule has 1 atom stereocenters. The van der Waals surface area contributed by atoms with E-state index in [1.54, 1.807) is 12.1 Å². The summed E-state index contributed by atoms with van der Waals surface area (Å²) in [6.07, 6.45) is -3.98. The van der Waals surface area contributed by atoms with Crippen LogP contribution >= 0.6 is 15.9 Å². The van der Waals surface area contributed by atoms with Gasteiger partial charge in [-0.05, 0) is 24.3 Å². The van der Waals surface area contributed by atoms with Gasteiger partial charge in [0, 0.05) is 28.0 Å². The van der Waals surface area contributed by atoms with E-state index in [-0.39, 0.29) is 11.1 Å². The van der Waals surface area contributed by atoms with Gasteiger partial charge >= 0.3 is 6.18 Å². The zero-order valence-electron chi connectivity index (χ0n) is 10.9. The molecule has 0 amide bonds. The molecule has 1 heterocycles. The highest BCUT2D eigenvalue weighted by Crippen LogP contribution is 2.38. The minimum atomic E-state index is -4.56. The van der Waals surface area contributed by atoms with Crippen molar-refractivity contribution < 1.29 is 23.0 Å². The van der Waals surface area contributed by atoms with Crippen LogP contribution in [0.4, 0.5) is 13.2 Å². The van der Waals surface area contributed by atoms with E-state index in [0.29, 0.717) is 10.2 Å². The van der Waals surface area contributed by atoms with Gasteiger partial charge in [-0.15, -0.1) is 0 Å². The molecule has 0 spiro atoms. The molecule has 1 N–H and O–H groups in total. The molecule has 0 bridgehead atoms. The van der Waals surface area contributed by atoms with Crippen LogP contribution in [-0.2, 0) is 6.18 Å². The first kappa shape index (κ1) is 15.8. The van der Waals surface area contributed by atoms with Crippen LogP contribution in [0.2, 0.25) is 0 Å². The van der Waals surface area contributed by atoms with Crippen molar-refractivity contribution in [1.82, 2.24) is 4.98 Å². The van der Waals surface area contributed by atoms with Gasteiger partial charge < -0.3 is 9.84 Å². The van der Waals surface area contributed by atoms with E-state index in [4.69, 9.17) is 4.74 Å². The molecule has 21 heavy (non-hydrogen) atoms. The first-order valence-electron chi connectivity index (χ1n) is 5.87. The molecule has 2 rings (SSSR count). The molecule has 0 saturated carbocycles. The van der Waals surface area contributed by atoms with Gasteiger partial charge in [-0.3, -0.25) is 4.98 Å². The Morgan fingerprint density at radius 2 is 1.95 bits per heavy atom. The maximum absolute atomic E-state index is 13.0. The lowest BCUT2D eigenvalue weighted by atomic mass is 9.98. The largest absolute Gasteiger partial charge is 0.497 e. The minimum Gasteiger partial charge on any atom is -0.497 e. The number of hydrogen-bond donors (Lipinski definition) is 1. The van der Waals surface area contributed by atoms with Crippen LogP contribution in [0.25, 0.3) is 0 Å². The van der Waals surface area contributed by atoms with E-state index >= 15 is 0 Å². The summed E-state index contributed by atoms with van der Waals surface area (Å²) in [5, 5.41) is 10.3. The molecule has 0 saturated heterocycles. The third-order valence-corrected chi connectivity index (χ3v) is 3.67. The molecule has 0 radical (unpaired) electrons. The van der Waals surface area contributed by atoms with Gasteiger partial charge in [0.15, 0.2) is 0 Å². The maximum Gasteiger partial charge on any atom is 0.416 e. The monoisotopic (exact) mass is 361 g/mol. The van der Waals surface area contributed by atoms with Gasteiger partial charge in [0.2, 0.25) is 0 Å². The SMILES string of the molecule is COc1ccc(Br)c(C(O)c2cnccc2C(F)(F)F)c1. The second-order valence-electron chi connectivity index (χ2n) is 4.25. The molecule has 1 aromatic carbocycles. The van der Waals surface area contributed by atoms with E-state index in [2.05, 4.69) is 20.9 Å². The average Bonchev–Trinajstić information content (AvgIpc) is 2.46.